The second-order valence-electron chi connectivity index (χ2n) is 4.29. The lowest BCUT2D eigenvalue weighted by molar-refractivity contribution is -0.129. The maximum Gasteiger partial charge on any atom is 0.242 e. The summed E-state index contributed by atoms with van der Waals surface area (Å²) in [6.45, 7) is 2.34. The Bertz CT molecular complexity index is 254. The molecule has 3 N–H and O–H groups in total. The number of carbonyl (C=O) groups excluding carboxylic acids is 2. The van der Waals surface area contributed by atoms with Crippen LogP contribution in [0.15, 0.2) is 0 Å². The van der Waals surface area contributed by atoms with Crippen LogP contribution < -0.4 is 10.6 Å². The summed E-state index contributed by atoms with van der Waals surface area (Å²) < 4.78 is 0. The minimum atomic E-state index is -0.478. The lowest BCUT2D eigenvalue weighted by Gasteiger charge is -2.15. The molecule has 0 aromatic heterocycles. The van der Waals surface area contributed by atoms with Crippen molar-refractivity contribution in [3.05, 3.63) is 0 Å². The summed E-state index contributed by atoms with van der Waals surface area (Å²) in [5.74, 6) is -0.258. The van der Waals surface area contributed by atoms with E-state index >= 15 is 0 Å². The van der Waals surface area contributed by atoms with Gasteiger partial charge in [-0.15, -0.1) is 0 Å². The molecule has 0 spiro atoms. The summed E-state index contributed by atoms with van der Waals surface area (Å²) in [6, 6.07) is -0.399. The van der Waals surface area contributed by atoms with Crippen molar-refractivity contribution in [1.82, 2.24) is 10.6 Å². The van der Waals surface area contributed by atoms with Gasteiger partial charge in [-0.25, -0.2) is 0 Å². The first-order chi connectivity index (χ1) is 7.59. The highest BCUT2D eigenvalue weighted by molar-refractivity contribution is 5.87. The molecule has 0 saturated carbocycles. The maximum absolute atomic E-state index is 11.5. The van der Waals surface area contributed by atoms with Crippen LogP contribution in [0.25, 0.3) is 0 Å². The zero-order valence-electron chi connectivity index (χ0n) is 9.66. The van der Waals surface area contributed by atoms with Gasteiger partial charge in [0.05, 0.1) is 6.10 Å². The fourth-order valence-electron chi connectivity index (χ4n) is 1.68. The van der Waals surface area contributed by atoms with E-state index in [1.165, 1.54) is 0 Å². The van der Waals surface area contributed by atoms with Crippen LogP contribution in [0.5, 0.6) is 0 Å². The highest BCUT2D eigenvalue weighted by Crippen LogP contribution is 2.06. The van der Waals surface area contributed by atoms with Gasteiger partial charge in [0.25, 0.3) is 0 Å². The van der Waals surface area contributed by atoms with Crippen molar-refractivity contribution < 1.29 is 14.7 Å². The molecule has 16 heavy (non-hydrogen) atoms. The molecule has 0 radical (unpaired) electrons. The molecule has 1 aliphatic rings. The molecule has 0 aliphatic carbocycles. The molecule has 5 heteroatoms. The Kier molecular flexibility index (Phi) is 5.25. The Hall–Kier alpha value is -1.10. The predicted octanol–water partition coefficient (Wildman–Crippen LogP) is -0.0677. The zero-order chi connectivity index (χ0) is 12.0. The normalized spacial score (nSPS) is 23.1. The number of nitrogens with one attached hydrogen (secondary N) is 2. The molecule has 1 fully saturated rings. The minimum Gasteiger partial charge on any atom is -0.393 e. The molecular weight excluding hydrogens is 208 g/mol. The number of aliphatic hydroxyl groups is 1. The molecule has 2 unspecified atom stereocenters. The van der Waals surface area contributed by atoms with Crippen molar-refractivity contribution >= 4 is 11.8 Å². The van der Waals surface area contributed by atoms with E-state index in [4.69, 9.17) is 5.11 Å². The van der Waals surface area contributed by atoms with Gasteiger partial charge >= 0.3 is 0 Å². The van der Waals surface area contributed by atoms with Crippen LogP contribution in [0, 0.1) is 0 Å². The number of aliphatic hydroxyl groups excluding tert-OH is 1. The van der Waals surface area contributed by atoms with Gasteiger partial charge in [-0.2, -0.15) is 0 Å². The lowest BCUT2D eigenvalue weighted by Crippen LogP contribution is -2.45. The van der Waals surface area contributed by atoms with Crippen molar-refractivity contribution in [3.63, 3.8) is 0 Å². The van der Waals surface area contributed by atoms with Crippen LogP contribution in [0.4, 0.5) is 0 Å². The van der Waals surface area contributed by atoms with Gasteiger partial charge in [-0.05, 0) is 32.6 Å². The van der Waals surface area contributed by atoms with E-state index in [9.17, 15) is 9.59 Å². The molecule has 1 heterocycles. The summed E-state index contributed by atoms with van der Waals surface area (Å²) in [7, 11) is 0. The average Bonchev–Trinajstić information content (AvgIpc) is 2.42. The summed E-state index contributed by atoms with van der Waals surface area (Å²) in [4.78, 5) is 23.0. The van der Waals surface area contributed by atoms with E-state index in [2.05, 4.69) is 10.6 Å². The highest BCUT2D eigenvalue weighted by Gasteiger charge is 2.22. The van der Waals surface area contributed by atoms with E-state index < -0.39 is 12.1 Å². The average molecular weight is 228 g/mol. The second-order valence-corrected chi connectivity index (χ2v) is 4.29. The van der Waals surface area contributed by atoms with Crippen LogP contribution in [-0.2, 0) is 9.59 Å². The Morgan fingerprint density at radius 3 is 3.06 bits per heavy atom. The first-order valence-corrected chi connectivity index (χ1v) is 5.84. The number of hydrogen-bond donors (Lipinski definition) is 3. The van der Waals surface area contributed by atoms with Gasteiger partial charge < -0.3 is 15.7 Å². The quantitative estimate of drug-likeness (QED) is 0.630. The van der Waals surface area contributed by atoms with Crippen molar-refractivity contribution in [1.29, 1.82) is 0 Å². The van der Waals surface area contributed by atoms with Gasteiger partial charge in [0.2, 0.25) is 11.8 Å². The minimum absolute atomic E-state index is 0.0945. The molecule has 1 aliphatic heterocycles. The van der Waals surface area contributed by atoms with Gasteiger partial charge in [-0.1, -0.05) is 0 Å². The topological polar surface area (TPSA) is 78.4 Å². The second kappa shape index (κ2) is 6.48. The molecule has 0 aromatic rings. The lowest BCUT2D eigenvalue weighted by atomic mass is 10.1. The van der Waals surface area contributed by atoms with Crippen LogP contribution >= 0.6 is 0 Å². The summed E-state index contributed by atoms with van der Waals surface area (Å²) in [5, 5.41) is 14.5. The molecular formula is C11H20N2O3. The molecule has 2 amide bonds. The Labute approximate surface area is 95.6 Å². The Morgan fingerprint density at radius 1 is 1.62 bits per heavy atom. The summed E-state index contributed by atoms with van der Waals surface area (Å²) >= 11 is 0. The predicted molar refractivity (Wildman–Crippen MR) is 59.7 cm³/mol. The number of amides is 2. The van der Waals surface area contributed by atoms with Gasteiger partial charge in [-0.3, -0.25) is 9.59 Å². The van der Waals surface area contributed by atoms with Gasteiger partial charge in [0.15, 0.2) is 0 Å². The van der Waals surface area contributed by atoms with Crippen LogP contribution in [0.1, 0.15) is 39.0 Å². The highest BCUT2D eigenvalue weighted by atomic mass is 16.3. The third kappa shape index (κ3) is 4.61. The van der Waals surface area contributed by atoms with E-state index in [-0.39, 0.29) is 18.2 Å². The van der Waals surface area contributed by atoms with E-state index in [1.807, 2.05) is 0 Å². The molecule has 92 valence electrons. The third-order valence-electron chi connectivity index (χ3n) is 2.66. The van der Waals surface area contributed by atoms with E-state index in [0.717, 1.165) is 12.8 Å². The molecule has 5 nitrogen and oxygen atoms in total. The first-order valence-electron chi connectivity index (χ1n) is 5.84. The number of hydrogen-bond acceptors (Lipinski definition) is 3. The van der Waals surface area contributed by atoms with Crippen molar-refractivity contribution in [2.45, 2.75) is 51.2 Å². The monoisotopic (exact) mass is 228 g/mol. The largest absolute Gasteiger partial charge is 0.393 e. The van der Waals surface area contributed by atoms with E-state index in [1.54, 1.807) is 6.92 Å². The third-order valence-corrected chi connectivity index (χ3v) is 2.66. The summed E-state index contributed by atoms with van der Waals surface area (Å²) in [6.07, 6.45) is 2.83. The zero-order valence-corrected chi connectivity index (χ0v) is 9.66. The van der Waals surface area contributed by atoms with Crippen molar-refractivity contribution in [3.8, 4) is 0 Å². The molecule has 1 rings (SSSR count). The number of rotatable bonds is 4. The summed E-state index contributed by atoms with van der Waals surface area (Å²) in [5.41, 5.74) is 0. The first kappa shape index (κ1) is 13.0. The Morgan fingerprint density at radius 2 is 2.38 bits per heavy atom. The fourth-order valence-corrected chi connectivity index (χ4v) is 1.68. The van der Waals surface area contributed by atoms with Crippen molar-refractivity contribution in [2.75, 3.05) is 6.54 Å². The SMILES string of the molecule is CC(O)CCC(=O)NC1CCCCNC1=O. The molecule has 2 atom stereocenters. The fraction of sp³-hybridized carbons (Fsp3) is 0.818. The maximum atomic E-state index is 11.5. The smallest absolute Gasteiger partial charge is 0.242 e. The van der Waals surface area contributed by atoms with Crippen molar-refractivity contribution in [2.24, 2.45) is 0 Å². The van der Waals surface area contributed by atoms with E-state index in [0.29, 0.717) is 19.4 Å². The molecule has 1 saturated heterocycles. The number of carbonyl (C=O) groups is 2. The molecule has 0 bridgehead atoms. The van der Waals surface area contributed by atoms with Gasteiger partial charge in [0, 0.05) is 13.0 Å². The van der Waals surface area contributed by atoms with Crippen LogP contribution in [0.2, 0.25) is 0 Å². The standard InChI is InChI=1S/C11H20N2O3/c1-8(14)5-6-10(15)13-9-4-2-3-7-12-11(9)16/h8-9,14H,2-7H2,1H3,(H,12,16)(H,13,15). The Balaban J connectivity index is 2.33. The molecule has 0 aromatic carbocycles. The van der Waals surface area contributed by atoms with Crippen LogP contribution in [0.3, 0.4) is 0 Å². The van der Waals surface area contributed by atoms with Crippen LogP contribution in [-0.4, -0.2) is 35.6 Å². The van der Waals surface area contributed by atoms with Gasteiger partial charge in [0.1, 0.15) is 6.04 Å².